The number of anilines is 1. The van der Waals surface area contributed by atoms with Gasteiger partial charge in [0.1, 0.15) is 0 Å². The molecule has 2 rings (SSSR count). The van der Waals surface area contributed by atoms with Crippen LogP contribution < -0.4 is 4.90 Å². The number of hydrogen-bond acceptors (Lipinski definition) is 5. The van der Waals surface area contributed by atoms with Gasteiger partial charge in [0.2, 0.25) is 0 Å². The van der Waals surface area contributed by atoms with Crippen LogP contribution in [-0.2, 0) is 6.54 Å². The van der Waals surface area contributed by atoms with Crippen molar-refractivity contribution in [2.45, 2.75) is 32.7 Å². The normalized spacial score (nSPS) is 11.1. The molecule has 18 heavy (non-hydrogen) atoms. The van der Waals surface area contributed by atoms with Gasteiger partial charge in [-0.3, -0.25) is 0 Å². The Balaban J connectivity index is 1.81. The molecule has 98 valence electrons. The van der Waals surface area contributed by atoms with Crippen LogP contribution in [0.15, 0.2) is 23.2 Å². The second-order valence-electron chi connectivity index (χ2n) is 4.67. The predicted octanol–water partition coefficient (Wildman–Crippen LogP) is 1.92. The Hall–Kier alpha value is -1.85. The molecule has 2 aromatic heterocycles. The van der Waals surface area contributed by atoms with Gasteiger partial charge >= 0.3 is 6.01 Å². The first-order valence-corrected chi connectivity index (χ1v) is 6.17. The van der Waals surface area contributed by atoms with Gasteiger partial charge < -0.3 is 14.0 Å². The number of hydrogen-bond donors (Lipinski definition) is 0. The van der Waals surface area contributed by atoms with Crippen LogP contribution in [0.25, 0.3) is 0 Å². The zero-order valence-electron chi connectivity index (χ0n) is 11.1. The Morgan fingerprint density at radius 3 is 2.89 bits per heavy atom. The maximum absolute atomic E-state index is 5.22. The predicted molar refractivity (Wildman–Crippen MR) is 68.5 cm³/mol. The van der Waals surface area contributed by atoms with Gasteiger partial charge in [0.05, 0.1) is 6.33 Å². The Kier molecular flexibility index (Phi) is 3.96. The minimum Gasteiger partial charge on any atom is -0.337 e. The highest BCUT2D eigenvalue weighted by Gasteiger charge is 2.12. The third kappa shape index (κ3) is 3.09. The van der Waals surface area contributed by atoms with Crippen LogP contribution in [0, 0.1) is 0 Å². The van der Waals surface area contributed by atoms with E-state index in [4.69, 9.17) is 4.52 Å². The van der Waals surface area contributed by atoms with Crippen LogP contribution in [0.5, 0.6) is 0 Å². The van der Waals surface area contributed by atoms with Gasteiger partial charge in [0.15, 0.2) is 5.82 Å². The third-order valence-corrected chi connectivity index (χ3v) is 2.74. The first-order valence-electron chi connectivity index (χ1n) is 6.17. The molecule has 0 fully saturated rings. The number of rotatable bonds is 6. The van der Waals surface area contributed by atoms with Crippen molar-refractivity contribution in [1.29, 1.82) is 0 Å². The molecule has 0 saturated carbocycles. The van der Waals surface area contributed by atoms with Crippen LogP contribution in [0.1, 0.15) is 32.0 Å². The van der Waals surface area contributed by atoms with Crippen molar-refractivity contribution in [3.05, 3.63) is 24.5 Å². The third-order valence-electron chi connectivity index (χ3n) is 2.74. The van der Waals surface area contributed by atoms with Gasteiger partial charge in [-0.05, 0) is 6.42 Å². The van der Waals surface area contributed by atoms with Gasteiger partial charge in [-0.1, -0.05) is 19.0 Å². The van der Waals surface area contributed by atoms with Crippen molar-refractivity contribution < 1.29 is 4.52 Å². The van der Waals surface area contributed by atoms with E-state index in [1.165, 1.54) is 0 Å². The number of aromatic nitrogens is 4. The number of imidazole rings is 1. The average molecular weight is 249 g/mol. The molecule has 0 unspecified atom stereocenters. The molecular formula is C12H19N5O. The maximum Gasteiger partial charge on any atom is 0.323 e. The lowest BCUT2D eigenvalue weighted by Crippen LogP contribution is -2.20. The summed E-state index contributed by atoms with van der Waals surface area (Å²) in [7, 11) is 1.96. The molecule has 2 aromatic rings. The summed E-state index contributed by atoms with van der Waals surface area (Å²) in [6.07, 6.45) is 6.58. The summed E-state index contributed by atoms with van der Waals surface area (Å²) in [4.78, 5) is 10.3. The van der Waals surface area contributed by atoms with Gasteiger partial charge in [-0.15, -0.1) is 0 Å². The molecule has 0 aromatic carbocycles. The van der Waals surface area contributed by atoms with Gasteiger partial charge in [-0.2, -0.15) is 4.98 Å². The van der Waals surface area contributed by atoms with E-state index in [1.54, 1.807) is 6.20 Å². The van der Waals surface area contributed by atoms with Gasteiger partial charge in [0.25, 0.3) is 0 Å². The van der Waals surface area contributed by atoms with Crippen LogP contribution in [-0.4, -0.2) is 33.3 Å². The van der Waals surface area contributed by atoms with Crippen molar-refractivity contribution in [3.63, 3.8) is 0 Å². The molecule has 0 bridgehead atoms. The van der Waals surface area contributed by atoms with Crippen LogP contribution in [0.3, 0.4) is 0 Å². The molecule has 6 nitrogen and oxygen atoms in total. The molecule has 6 heteroatoms. The van der Waals surface area contributed by atoms with Gasteiger partial charge in [0, 0.05) is 38.4 Å². The first kappa shape index (κ1) is 12.6. The van der Waals surface area contributed by atoms with Crippen molar-refractivity contribution in [2.75, 3.05) is 18.5 Å². The van der Waals surface area contributed by atoms with E-state index < -0.39 is 0 Å². The Bertz CT molecular complexity index is 463. The summed E-state index contributed by atoms with van der Waals surface area (Å²) in [6, 6.07) is 0.587. The minimum absolute atomic E-state index is 0.293. The largest absolute Gasteiger partial charge is 0.337 e. The minimum atomic E-state index is 0.293. The molecular weight excluding hydrogens is 230 g/mol. The molecule has 0 aliphatic heterocycles. The van der Waals surface area contributed by atoms with Crippen molar-refractivity contribution in [1.82, 2.24) is 19.7 Å². The first-order chi connectivity index (χ1) is 8.66. The molecule has 0 aliphatic rings. The van der Waals surface area contributed by atoms with Crippen molar-refractivity contribution in [2.24, 2.45) is 0 Å². The summed E-state index contributed by atoms with van der Waals surface area (Å²) < 4.78 is 7.28. The zero-order chi connectivity index (χ0) is 13.0. The molecule has 0 aliphatic carbocycles. The average Bonchev–Trinajstić information content (AvgIpc) is 2.99. The van der Waals surface area contributed by atoms with Crippen LogP contribution in [0.2, 0.25) is 0 Å². The van der Waals surface area contributed by atoms with Crippen LogP contribution in [0.4, 0.5) is 6.01 Å². The zero-order valence-corrected chi connectivity index (χ0v) is 11.1. The SMILES string of the molecule is CC(C)c1noc(N(C)CCCn2ccnc2)n1. The van der Waals surface area contributed by atoms with E-state index in [1.807, 2.05) is 38.3 Å². The molecule has 0 spiro atoms. The summed E-state index contributed by atoms with van der Waals surface area (Å²) in [6.45, 7) is 5.91. The molecule has 2 heterocycles. The maximum atomic E-state index is 5.22. The summed E-state index contributed by atoms with van der Waals surface area (Å²) >= 11 is 0. The standard InChI is InChI=1S/C12H19N5O/c1-10(2)11-14-12(18-15-11)16(3)6-4-7-17-8-5-13-9-17/h5,8-10H,4,6-7H2,1-3H3. The van der Waals surface area contributed by atoms with E-state index in [2.05, 4.69) is 19.7 Å². The van der Waals surface area contributed by atoms with E-state index in [-0.39, 0.29) is 0 Å². The highest BCUT2D eigenvalue weighted by Crippen LogP contribution is 2.15. The number of nitrogens with zero attached hydrogens (tertiary/aromatic N) is 5. The van der Waals surface area contributed by atoms with Gasteiger partial charge in [-0.25, -0.2) is 4.98 Å². The lowest BCUT2D eigenvalue weighted by Gasteiger charge is -2.13. The highest BCUT2D eigenvalue weighted by atomic mass is 16.5. The summed E-state index contributed by atoms with van der Waals surface area (Å²) in [5.41, 5.74) is 0. The summed E-state index contributed by atoms with van der Waals surface area (Å²) in [5, 5.41) is 3.95. The van der Waals surface area contributed by atoms with Crippen molar-refractivity contribution in [3.8, 4) is 0 Å². The topological polar surface area (TPSA) is 60.0 Å². The molecule has 0 saturated heterocycles. The summed E-state index contributed by atoms with van der Waals surface area (Å²) in [5.74, 6) is 1.05. The van der Waals surface area contributed by atoms with Crippen LogP contribution >= 0.6 is 0 Å². The van der Waals surface area contributed by atoms with E-state index in [9.17, 15) is 0 Å². The second-order valence-corrected chi connectivity index (χ2v) is 4.67. The molecule has 0 radical (unpaired) electrons. The Morgan fingerprint density at radius 2 is 2.28 bits per heavy atom. The molecule has 0 amide bonds. The number of aryl methyl sites for hydroxylation is 1. The van der Waals surface area contributed by atoms with E-state index in [0.717, 1.165) is 25.3 Å². The lowest BCUT2D eigenvalue weighted by molar-refractivity contribution is 0.406. The monoisotopic (exact) mass is 249 g/mol. The molecule has 0 atom stereocenters. The molecule has 0 N–H and O–H groups in total. The van der Waals surface area contributed by atoms with E-state index in [0.29, 0.717) is 11.9 Å². The Morgan fingerprint density at radius 1 is 1.44 bits per heavy atom. The highest BCUT2D eigenvalue weighted by molar-refractivity contribution is 5.23. The van der Waals surface area contributed by atoms with Crippen molar-refractivity contribution >= 4 is 6.01 Å². The fraction of sp³-hybridized carbons (Fsp3) is 0.583. The Labute approximate surface area is 107 Å². The second kappa shape index (κ2) is 5.66. The lowest BCUT2D eigenvalue weighted by atomic mass is 10.2. The fourth-order valence-electron chi connectivity index (χ4n) is 1.62. The quantitative estimate of drug-likeness (QED) is 0.782. The smallest absolute Gasteiger partial charge is 0.323 e. The fourth-order valence-corrected chi connectivity index (χ4v) is 1.62. The van der Waals surface area contributed by atoms with E-state index >= 15 is 0 Å².